The average Bonchev–Trinajstić information content (AvgIpc) is 3.01. The monoisotopic (exact) mass is 397 g/mol. The zero-order valence-electron chi connectivity index (χ0n) is 16.8. The summed E-state index contributed by atoms with van der Waals surface area (Å²) in [5, 5.41) is 0. The third-order valence-electron chi connectivity index (χ3n) is 6.62. The van der Waals surface area contributed by atoms with Crippen LogP contribution in [0.5, 0.6) is 0 Å². The van der Waals surface area contributed by atoms with Crippen LogP contribution in [0.4, 0.5) is 0 Å². The first kappa shape index (κ1) is 19.8. The predicted molar refractivity (Wildman–Crippen MR) is 105 cm³/mol. The van der Waals surface area contributed by atoms with Crippen molar-refractivity contribution < 1.29 is 23.9 Å². The van der Waals surface area contributed by atoms with Crippen molar-refractivity contribution in [1.29, 1.82) is 0 Å². The third-order valence-corrected chi connectivity index (χ3v) is 6.62. The Labute approximate surface area is 170 Å². The number of esters is 1. The first-order valence-electron chi connectivity index (χ1n) is 10.7. The van der Waals surface area contributed by atoms with Gasteiger partial charge in [-0.15, -0.1) is 0 Å². The number of Topliss-reactive ketones (excluding diaryl/α,β-unsaturated/α-hetero) is 1. The number of ketones is 1. The standard InChI is InChI=1S/C23H27NO5/c1-14(24-21(26)18-8-4-5-9-19(18)22(24)27)23(28)29-13-20(25)17-11-10-15-6-2-3-7-16(15)12-17/h10-12,14,18-19H,2-9,13H2,1H3/t14-,18?,19?/m0/s1. The van der Waals surface area contributed by atoms with Crippen molar-refractivity contribution in [1.82, 2.24) is 4.90 Å². The van der Waals surface area contributed by atoms with Crippen molar-refractivity contribution in [3.05, 3.63) is 34.9 Å². The molecule has 29 heavy (non-hydrogen) atoms. The number of likely N-dealkylation sites (tertiary alicyclic amines) is 1. The van der Waals surface area contributed by atoms with E-state index in [0.29, 0.717) is 18.4 Å². The number of hydrogen-bond acceptors (Lipinski definition) is 5. The van der Waals surface area contributed by atoms with Gasteiger partial charge in [-0.25, -0.2) is 4.79 Å². The number of amides is 2. The summed E-state index contributed by atoms with van der Waals surface area (Å²) in [5.41, 5.74) is 3.01. The fourth-order valence-electron chi connectivity index (χ4n) is 4.92. The second-order valence-electron chi connectivity index (χ2n) is 8.44. The summed E-state index contributed by atoms with van der Waals surface area (Å²) in [5.74, 6) is -2.13. The van der Waals surface area contributed by atoms with Gasteiger partial charge in [-0.05, 0) is 62.6 Å². The highest BCUT2D eigenvalue weighted by atomic mass is 16.5. The van der Waals surface area contributed by atoms with Gasteiger partial charge < -0.3 is 4.74 Å². The number of benzene rings is 1. The highest BCUT2D eigenvalue weighted by molar-refractivity contribution is 6.08. The van der Waals surface area contributed by atoms with E-state index in [1.165, 1.54) is 24.5 Å². The number of ether oxygens (including phenoxy) is 1. The summed E-state index contributed by atoms with van der Waals surface area (Å²) >= 11 is 0. The summed E-state index contributed by atoms with van der Waals surface area (Å²) in [6.07, 6.45) is 7.56. The van der Waals surface area contributed by atoms with Crippen LogP contribution in [0.1, 0.15) is 66.9 Å². The highest BCUT2D eigenvalue weighted by Gasteiger charge is 2.51. The van der Waals surface area contributed by atoms with Crippen LogP contribution < -0.4 is 0 Å². The van der Waals surface area contributed by atoms with Crippen molar-refractivity contribution in [2.45, 2.75) is 64.3 Å². The molecule has 0 bridgehead atoms. The maximum atomic E-state index is 12.6. The predicted octanol–water partition coefficient (Wildman–Crippen LogP) is 2.86. The SMILES string of the molecule is C[C@@H](C(=O)OCC(=O)c1ccc2c(c1)CCCC2)N1C(=O)C2CCCCC2C1=O. The van der Waals surface area contributed by atoms with Crippen LogP contribution >= 0.6 is 0 Å². The van der Waals surface area contributed by atoms with Gasteiger partial charge in [-0.2, -0.15) is 0 Å². The minimum absolute atomic E-state index is 0.272. The smallest absolute Gasteiger partial charge is 0.329 e. The molecule has 1 saturated carbocycles. The fourth-order valence-corrected chi connectivity index (χ4v) is 4.92. The minimum Gasteiger partial charge on any atom is -0.456 e. The molecule has 1 aromatic rings. The molecule has 2 aliphatic carbocycles. The number of hydrogen-bond donors (Lipinski definition) is 0. The van der Waals surface area contributed by atoms with Crippen molar-refractivity contribution in [3.8, 4) is 0 Å². The third kappa shape index (κ3) is 3.72. The molecular weight excluding hydrogens is 370 g/mol. The minimum atomic E-state index is -1.00. The van der Waals surface area contributed by atoms with Crippen LogP contribution in [0.2, 0.25) is 0 Å². The number of aryl methyl sites for hydroxylation is 2. The molecule has 1 aromatic carbocycles. The lowest BCUT2D eigenvalue weighted by Crippen LogP contribution is -2.44. The second-order valence-corrected chi connectivity index (χ2v) is 8.44. The summed E-state index contributed by atoms with van der Waals surface area (Å²) in [6, 6.07) is 4.65. The van der Waals surface area contributed by atoms with E-state index in [1.807, 2.05) is 12.1 Å². The molecule has 6 heteroatoms. The first-order chi connectivity index (χ1) is 14.0. The van der Waals surface area contributed by atoms with E-state index >= 15 is 0 Å². The molecule has 154 valence electrons. The number of fused-ring (bicyclic) bond motifs is 2. The Morgan fingerprint density at radius 3 is 2.28 bits per heavy atom. The van der Waals surface area contributed by atoms with Crippen LogP contribution in [-0.4, -0.2) is 41.1 Å². The number of rotatable bonds is 5. The van der Waals surface area contributed by atoms with E-state index in [0.717, 1.165) is 37.0 Å². The summed E-state index contributed by atoms with van der Waals surface area (Å²) < 4.78 is 5.19. The topological polar surface area (TPSA) is 80.8 Å². The molecule has 6 nitrogen and oxygen atoms in total. The van der Waals surface area contributed by atoms with E-state index in [-0.39, 0.29) is 36.0 Å². The van der Waals surface area contributed by atoms with Gasteiger partial charge in [0.15, 0.2) is 12.4 Å². The second kappa shape index (κ2) is 8.09. The van der Waals surface area contributed by atoms with Crippen LogP contribution in [0.15, 0.2) is 18.2 Å². The molecule has 0 N–H and O–H groups in total. The lowest BCUT2D eigenvalue weighted by atomic mass is 9.81. The highest BCUT2D eigenvalue weighted by Crippen LogP contribution is 2.38. The molecule has 4 rings (SSSR count). The molecule has 1 saturated heterocycles. The van der Waals surface area contributed by atoms with Crippen LogP contribution in [0, 0.1) is 11.8 Å². The lowest BCUT2D eigenvalue weighted by Gasteiger charge is -2.21. The van der Waals surface area contributed by atoms with Gasteiger partial charge in [-0.3, -0.25) is 19.3 Å². The van der Waals surface area contributed by atoms with Gasteiger partial charge in [0.25, 0.3) is 0 Å². The largest absolute Gasteiger partial charge is 0.456 e. The normalized spacial score (nSPS) is 24.7. The maximum Gasteiger partial charge on any atom is 0.329 e. The van der Waals surface area contributed by atoms with Crippen LogP contribution in [-0.2, 0) is 32.0 Å². The van der Waals surface area contributed by atoms with Crippen molar-refractivity contribution in [3.63, 3.8) is 0 Å². The summed E-state index contributed by atoms with van der Waals surface area (Å²) in [6.45, 7) is 1.11. The number of imide groups is 1. The van der Waals surface area contributed by atoms with Gasteiger partial charge in [-0.1, -0.05) is 25.0 Å². The van der Waals surface area contributed by atoms with Gasteiger partial charge in [0.05, 0.1) is 11.8 Å². The molecule has 1 aliphatic heterocycles. The fraction of sp³-hybridized carbons (Fsp3) is 0.565. The zero-order chi connectivity index (χ0) is 20.5. The average molecular weight is 397 g/mol. The van der Waals surface area contributed by atoms with Crippen molar-refractivity contribution >= 4 is 23.6 Å². The molecule has 0 radical (unpaired) electrons. The summed E-state index contributed by atoms with van der Waals surface area (Å²) in [4.78, 5) is 51.3. The molecule has 1 heterocycles. The van der Waals surface area contributed by atoms with Gasteiger partial charge in [0.2, 0.25) is 11.8 Å². The number of carbonyl (C=O) groups is 4. The molecule has 3 atom stereocenters. The Kier molecular flexibility index (Phi) is 5.52. The molecule has 0 aromatic heterocycles. The Balaban J connectivity index is 1.37. The Bertz CT molecular complexity index is 837. The van der Waals surface area contributed by atoms with Crippen molar-refractivity contribution in [2.24, 2.45) is 11.8 Å². The van der Waals surface area contributed by atoms with E-state index < -0.39 is 12.0 Å². The van der Waals surface area contributed by atoms with Gasteiger partial charge in [0, 0.05) is 5.56 Å². The summed E-state index contributed by atoms with van der Waals surface area (Å²) in [7, 11) is 0. The van der Waals surface area contributed by atoms with Crippen LogP contribution in [0.3, 0.4) is 0 Å². The Morgan fingerprint density at radius 2 is 1.62 bits per heavy atom. The first-order valence-corrected chi connectivity index (χ1v) is 10.7. The zero-order valence-corrected chi connectivity index (χ0v) is 16.8. The molecule has 2 amide bonds. The van der Waals surface area contributed by atoms with Crippen molar-refractivity contribution in [2.75, 3.05) is 6.61 Å². The van der Waals surface area contributed by atoms with Gasteiger partial charge >= 0.3 is 5.97 Å². The molecule has 2 fully saturated rings. The molecule has 3 aliphatic rings. The Morgan fingerprint density at radius 1 is 1.00 bits per heavy atom. The van der Waals surface area contributed by atoms with Gasteiger partial charge in [0.1, 0.15) is 6.04 Å². The maximum absolute atomic E-state index is 12.6. The van der Waals surface area contributed by atoms with E-state index in [4.69, 9.17) is 4.74 Å². The van der Waals surface area contributed by atoms with E-state index in [2.05, 4.69) is 0 Å². The lowest BCUT2D eigenvalue weighted by molar-refractivity contribution is -0.157. The van der Waals surface area contributed by atoms with E-state index in [1.54, 1.807) is 6.07 Å². The van der Waals surface area contributed by atoms with E-state index in [9.17, 15) is 19.2 Å². The van der Waals surface area contributed by atoms with Crippen LogP contribution in [0.25, 0.3) is 0 Å². The Hall–Kier alpha value is -2.50. The molecule has 0 spiro atoms. The molecule has 2 unspecified atom stereocenters. The number of carbonyl (C=O) groups excluding carboxylic acids is 4. The number of nitrogens with zero attached hydrogens (tertiary/aromatic N) is 1. The molecular formula is C23H27NO5. The quantitative estimate of drug-likeness (QED) is 0.434.